The number of carbonyl (C=O) groups excluding carboxylic acids is 1. The summed E-state index contributed by atoms with van der Waals surface area (Å²) in [7, 11) is 0. The van der Waals surface area contributed by atoms with Gasteiger partial charge in [-0.15, -0.1) is 0 Å². The van der Waals surface area contributed by atoms with E-state index in [1.165, 1.54) is 25.3 Å². The summed E-state index contributed by atoms with van der Waals surface area (Å²) in [6, 6.07) is 6.19. The molecule has 1 fully saturated rings. The third-order valence-electron chi connectivity index (χ3n) is 4.34. The molecule has 1 aromatic carbocycles. The van der Waals surface area contributed by atoms with Gasteiger partial charge in [-0.3, -0.25) is 10.1 Å². The number of nitro groups is 1. The Morgan fingerprint density at radius 2 is 1.85 bits per heavy atom. The molecule has 0 bridgehead atoms. The molecule has 8 heteroatoms. The maximum atomic E-state index is 11.7. The molecule has 3 N–H and O–H groups in total. The Hall–Kier alpha value is -2.35. The van der Waals surface area contributed by atoms with Crippen LogP contribution < -0.4 is 16.0 Å². The van der Waals surface area contributed by atoms with Crippen LogP contribution in [0.1, 0.15) is 38.5 Å². The van der Waals surface area contributed by atoms with Gasteiger partial charge in [-0.05, 0) is 25.3 Å². The quantitative estimate of drug-likeness (QED) is 0.336. The highest BCUT2D eigenvalue weighted by atomic mass is 16.6. The number of rotatable bonds is 10. The molecule has 0 unspecified atom stereocenters. The van der Waals surface area contributed by atoms with Crippen LogP contribution in [0.15, 0.2) is 24.3 Å². The maximum Gasteiger partial charge on any atom is 0.314 e. The van der Waals surface area contributed by atoms with Crippen LogP contribution in [0.5, 0.6) is 0 Å². The summed E-state index contributed by atoms with van der Waals surface area (Å²) in [6.45, 7) is 2.01. The minimum atomic E-state index is -0.433. The van der Waals surface area contributed by atoms with Crippen LogP contribution >= 0.6 is 0 Å². The zero-order chi connectivity index (χ0) is 18.6. The Morgan fingerprint density at radius 3 is 2.62 bits per heavy atom. The van der Waals surface area contributed by atoms with Crippen molar-refractivity contribution in [2.75, 3.05) is 31.6 Å². The largest absolute Gasteiger partial charge is 0.378 e. The lowest BCUT2D eigenvalue weighted by atomic mass is 9.98. The fourth-order valence-corrected chi connectivity index (χ4v) is 2.97. The van der Waals surface area contributed by atoms with E-state index >= 15 is 0 Å². The number of para-hydroxylation sites is 2. The smallest absolute Gasteiger partial charge is 0.314 e. The van der Waals surface area contributed by atoms with Gasteiger partial charge < -0.3 is 20.7 Å². The Kier molecular flexibility index (Phi) is 8.68. The predicted molar refractivity (Wildman–Crippen MR) is 100 cm³/mol. The van der Waals surface area contributed by atoms with Crippen molar-refractivity contribution in [1.82, 2.24) is 10.6 Å². The first-order valence-electron chi connectivity index (χ1n) is 9.27. The molecular weight excluding hydrogens is 336 g/mol. The molecule has 0 atom stereocenters. The third-order valence-corrected chi connectivity index (χ3v) is 4.34. The Balaban J connectivity index is 1.50. The Labute approximate surface area is 153 Å². The molecule has 1 aliphatic carbocycles. The standard InChI is InChI=1S/C18H28N4O4/c23-18(20-11-6-14-26-15-7-2-1-3-8-15)21-13-12-19-16-9-4-5-10-17(16)22(24)25/h4-5,9-10,15,19H,1-3,6-8,11-14H2,(H2,20,21,23). The van der Waals surface area contributed by atoms with Gasteiger partial charge in [-0.2, -0.15) is 0 Å². The van der Waals surface area contributed by atoms with E-state index in [2.05, 4.69) is 16.0 Å². The number of amides is 2. The van der Waals surface area contributed by atoms with Crippen LogP contribution in [-0.2, 0) is 4.74 Å². The number of hydrogen-bond donors (Lipinski definition) is 3. The molecule has 26 heavy (non-hydrogen) atoms. The molecule has 0 aliphatic heterocycles. The lowest BCUT2D eigenvalue weighted by Gasteiger charge is -2.21. The van der Waals surface area contributed by atoms with Gasteiger partial charge >= 0.3 is 6.03 Å². The van der Waals surface area contributed by atoms with Gasteiger partial charge in [-0.25, -0.2) is 4.79 Å². The van der Waals surface area contributed by atoms with E-state index in [-0.39, 0.29) is 11.7 Å². The van der Waals surface area contributed by atoms with Crippen molar-refractivity contribution < 1.29 is 14.5 Å². The van der Waals surface area contributed by atoms with E-state index in [1.54, 1.807) is 18.2 Å². The highest BCUT2D eigenvalue weighted by molar-refractivity contribution is 5.73. The molecular formula is C18H28N4O4. The molecule has 2 rings (SSSR count). The van der Waals surface area contributed by atoms with Gasteiger partial charge in [0.2, 0.25) is 0 Å². The number of anilines is 1. The number of urea groups is 1. The van der Waals surface area contributed by atoms with E-state index in [0.717, 1.165) is 19.3 Å². The molecule has 1 aromatic rings. The molecule has 2 amide bonds. The Bertz CT molecular complexity index is 576. The van der Waals surface area contributed by atoms with Crippen LogP contribution in [0.2, 0.25) is 0 Å². The molecule has 8 nitrogen and oxygen atoms in total. The summed E-state index contributed by atoms with van der Waals surface area (Å²) < 4.78 is 5.81. The van der Waals surface area contributed by atoms with Crippen LogP contribution in [-0.4, -0.2) is 43.3 Å². The lowest BCUT2D eigenvalue weighted by Crippen LogP contribution is -2.38. The maximum absolute atomic E-state index is 11.7. The zero-order valence-electron chi connectivity index (χ0n) is 15.0. The SMILES string of the molecule is O=C(NCCCOC1CCCCC1)NCCNc1ccccc1[N+](=O)[O-]. The lowest BCUT2D eigenvalue weighted by molar-refractivity contribution is -0.384. The normalized spacial score (nSPS) is 14.6. The van der Waals surface area contributed by atoms with Gasteiger partial charge in [0, 0.05) is 32.3 Å². The van der Waals surface area contributed by atoms with Crippen LogP contribution in [0.4, 0.5) is 16.2 Å². The minimum absolute atomic E-state index is 0.0231. The van der Waals surface area contributed by atoms with E-state index < -0.39 is 4.92 Å². The molecule has 0 spiro atoms. The van der Waals surface area contributed by atoms with Gasteiger partial charge in [0.05, 0.1) is 11.0 Å². The van der Waals surface area contributed by atoms with E-state index in [9.17, 15) is 14.9 Å². The fraction of sp³-hybridized carbons (Fsp3) is 0.611. The first kappa shape index (κ1) is 20.0. The number of nitrogens with zero attached hydrogens (tertiary/aromatic N) is 1. The molecule has 1 saturated carbocycles. The zero-order valence-corrected chi connectivity index (χ0v) is 15.0. The van der Waals surface area contributed by atoms with Gasteiger partial charge in [0.15, 0.2) is 0 Å². The second-order valence-electron chi connectivity index (χ2n) is 6.37. The highest BCUT2D eigenvalue weighted by Gasteiger charge is 2.13. The molecule has 0 heterocycles. The highest BCUT2D eigenvalue weighted by Crippen LogP contribution is 2.22. The Morgan fingerprint density at radius 1 is 1.12 bits per heavy atom. The van der Waals surface area contributed by atoms with Crippen molar-refractivity contribution in [2.24, 2.45) is 0 Å². The van der Waals surface area contributed by atoms with Gasteiger partial charge in [-0.1, -0.05) is 31.4 Å². The average Bonchev–Trinajstić information content (AvgIpc) is 2.66. The topological polar surface area (TPSA) is 106 Å². The number of hydrogen-bond acceptors (Lipinski definition) is 5. The summed E-state index contributed by atoms with van der Waals surface area (Å²) in [5.74, 6) is 0. The third kappa shape index (κ3) is 7.26. The van der Waals surface area contributed by atoms with Gasteiger partial charge in [0.1, 0.15) is 5.69 Å². The first-order chi connectivity index (χ1) is 12.7. The molecule has 144 valence electrons. The second kappa shape index (κ2) is 11.3. The number of benzene rings is 1. The van der Waals surface area contributed by atoms with E-state index in [1.807, 2.05) is 0 Å². The number of nitrogens with one attached hydrogen (secondary N) is 3. The van der Waals surface area contributed by atoms with Crippen LogP contribution in [0.25, 0.3) is 0 Å². The number of nitro benzene ring substituents is 1. The molecule has 1 aliphatic rings. The predicted octanol–water partition coefficient (Wildman–Crippen LogP) is 3.05. The van der Waals surface area contributed by atoms with Gasteiger partial charge in [0.25, 0.3) is 5.69 Å². The number of carbonyl (C=O) groups is 1. The number of ether oxygens (including phenoxy) is 1. The van der Waals surface area contributed by atoms with Crippen molar-refractivity contribution in [3.63, 3.8) is 0 Å². The van der Waals surface area contributed by atoms with E-state index in [0.29, 0.717) is 38.0 Å². The summed E-state index contributed by atoms with van der Waals surface area (Å²) in [5, 5.41) is 19.4. The van der Waals surface area contributed by atoms with Crippen molar-refractivity contribution in [2.45, 2.75) is 44.6 Å². The van der Waals surface area contributed by atoms with Crippen molar-refractivity contribution >= 4 is 17.4 Å². The van der Waals surface area contributed by atoms with Crippen molar-refractivity contribution in [1.29, 1.82) is 0 Å². The first-order valence-corrected chi connectivity index (χ1v) is 9.27. The minimum Gasteiger partial charge on any atom is -0.378 e. The van der Waals surface area contributed by atoms with Crippen LogP contribution in [0, 0.1) is 10.1 Å². The summed E-state index contributed by atoms with van der Waals surface area (Å²) in [5.41, 5.74) is 0.467. The van der Waals surface area contributed by atoms with E-state index in [4.69, 9.17) is 4.74 Å². The molecule has 0 aromatic heterocycles. The molecule has 0 saturated heterocycles. The average molecular weight is 364 g/mol. The summed E-state index contributed by atoms with van der Waals surface area (Å²) in [4.78, 5) is 22.2. The van der Waals surface area contributed by atoms with Crippen LogP contribution in [0.3, 0.4) is 0 Å². The summed E-state index contributed by atoms with van der Waals surface area (Å²) >= 11 is 0. The van der Waals surface area contributed by atoms with Crippen molar-refractivity contribution in [3.8, 4) is 0 Å². The van der Waals surface area contributed by atoms with Crippen molar-refractivity contribution in [3.05, 3.63) is 34.4 Å². The monoisotopic (exact) mass is 364 g/mol. The second-order valence-corrected chi connectivity index (χ2v) is 6.37. The molecule has 0 radical (unpaired) electrons. The fourth-order valence-electron chi connectivity index (χ4n) is 2.97. The summed E-state index contributed by atoms with van der Waals surface area (Å²) in [6.07, 6.45) is 7.32.